The average molecular weight is 510 g/mol. The van der Waals surface area contributed by atoms with Crippen molar-refractivity contribution in [3.63, 3.8) is 0 Å². The van der Waals surface area contributed by atoms with E-state index in [2.05, 4.69) is 5.32 Å². The molecule has 186 valence electrons. The summed E-state index contributed by atoms with van der Waals surface area (Å²) < 4.78 is 31.4. The minimum Gasteiger partial charge on any atom is -0.497 e. The van der Waals surface area contributed by atoms with Gasteiger partial charge in [-0.2, -0.15) is 0 Å². The monoisotopic (exact) mass is 509 g/mol. The molecule has 10 heteroatoms. The molecule has 0 aliphatic heterocycles. The molecule has 0 bridgehead atoms. The first-order chi connectivity index (χ1) is 16.0. The first kappa shape index (κ1) is 27.5. The Kier molecular flexibility index (Phi) is 9.76. The second kappa shape index (κ2) is 12.1. The number of carbonyl (C=O) groups excluding carboxylic acids is 2. The molecule has 2 aromatic carbocycles. The van der Waals surface area contributed by atoms with Crippen LogP contribution in [0.25, 0.3) is 0 Å². The molecule has 8 nitrogen and oxygen atoms in total. The molecular weight excluding hydrogens is 478 g/mol. The van der Waals surface area contributed by atoms with Crippen LogP contribution in [-0.2, 0) is 26.2 Å². The number of benzene rings is 2. The zero-order valence-corrected chi connectivity index (χ0v) is 21.7. The van der Waals surface area contributed by atoms with Crippen LogP contribution in [-0.4, -0.2) is 57.1 Å². The fourth-order valence-electron chi connectivity index (χ4n) is 3.26. The lowest BCUT2D eigenvalue weighted by Crippen LogP contribution is -2.52. The van der Waals surface area contributed by atoms with E-state index < -0.39 is 28.5 Å². The van der Waals surface area contributed by atoms with Crippen molar-refractivity contribution < 1.29 is 22.7 Å². The van der Waals surface area contributed by atoms with Gasteiger partial charge in [-0.3, -0.25) is 13.9 Å². The van der Waals surface area contributed by atoms with Crippen molar-refractivity contribution >= 4 is 39.1 Å². The number of halogens is 1. The third kappa shape index (κ3) is 7.63. The number of carbonyl (C=O) groups is 2. The number of rotatable bonds is 11. The first-order valence-electron chi connectivity index (χ1n) is 10.9. The highest BCUT2D eigenvalue weighted by atomic mass is 35.5. The van der Waals surface area contributed by atoms with Crippen LogP contribution >= 0.6 is 11.6 Å². The van der Waals surface area contributed by atoms with Crippen molar-refractivity contribution in [1.82, 2.24) is 10.2 Å². The fourth-order valence-corrected chi connectivity index (χ4v) is 4.31. The maximum atomic E-state index is 13.5. The Morgan fingerprint density at radius 1 is 1.12 bits per heavy atom. The summed E-state index contributed by atoms with van der Waals surface area (Å²) >= 11 is 6.11. The van der Waals surface area contributed by atoms with Gasteiger partial charge in [0.2, 0.25) is 21.8 Å². The van der Waals surface area contributed by atoms with E-state index in [9.17, 15) is 18.0 Å². The molecule has 0 unspecified atom stereocenters. The van der Waals surface area contributed by atoms with Crippen LogP contribution in [0.15, 0.2) is 48.5 Å². The van der Waals surface area contributed by atoms with E-state index in [1.54, 1.807) is 49.4 Å². The van der Waals surface area contributed by atoms with Crippen molar-refractivity contribution in [2.24, 2.45) is 0 Å². The van der Waals surface area contributed by atoms with Crippen molar-refractivity contribution in [2.45, 2.75) is 45.8 Å². The van der Waals surface area contributed by atoms with Gasteiger partial charge >= 0.3 is 0 Å². The minimum atomic E-state index is -3.81. The topological polar surface area (TPSA) is 96.0 Å². The summed E-state index contributed by atoms with van der Waals surface area (Å²) in [5.74, 6) is -0.396. The Balaban J connectivity index is 2.40. The number of methoxy groups -OCH3 is 1. The maximum absolute atomic E-state index is 13.5. The minimum absolute atomic E-state index is 0.0672. The van der Waals surface area contributed by atoms with Gasteiger partial charge in [0.05, 0.1) is 19.1 Å². The van der Waals surface area contributed by atoms with Gasteiger partial charge in [-0.1, -0.05) is 36.7 Å². The van der Waals surface area contributed by atoms with Gasteiger partial charge in [0.1, 0.15) is 18.3 Å². The predicted octanol–water partition coefficient (Wildman–Crippen LogP) is 3.45. The third-order valence-electron chi connectivity index (χ3n) is 5.43. The summed E-state index contributed by atoms with van der Waals surface area (Å²) in [4.78, 5) is 27.7. The summed E-state index contributed by atoms with van der Waals surface area (Å²) in [6.45, 7) is 5.05. The zero-order chi connectivity index (χ0) is 25.5. The zero-order valence-electron chi connectivity index (χ0n) is 20.1. The first-order valence-corrected chi connectivity index (χ1v) is 13.1. The second-order valence-electron chi connectivity index (χ2n) is 8.12. The molecule has 0 aliphatic rings. The van der Waals surface area contributed by atoms with Gasteiger partial charge < -0.3 is 15.0 Å². The normalized spacial score (nSPS) is 13.0. The molecule has 2 atom stereocenters. The second-order valence-corrected chi connectivity index (χ2v) is 10.5. The molecule has 2 rings (SSSR count). The molecule has 1 N–H and O–H groups in total. The van der Waals surface area contributed by atoms with Crippen molar-refractivity contribution in [3.05, 3.63) is 59.1 Å². The lowest BCUT2D eigenvalue weighted by molar-refractivity contribution is -0.139. The molecule has 0 aliphatic carbocycles. The van der Waals surface area contributed by atoms with E-state index in [4.69, 9.17) is 16.3 Å². The number of amides is 2. The lowest BCUT2D eigenvalue weighted by Gasteiger charge is -2.32. The predicted molar refractivity (Wildman–Crippen MR) is 135 cm³/mol. The van der Waals surface area contributed by atoms with Crippen LogP contribution in [0.5, 0.6) is 5.75 Å². The molecule has 0 heterocycles. The quantitative estimate of drug-likeness (QED) is 0.500. The SMILES string of the molecule is CC[C@@H](C)NC(=O)[C@H](C)N(Cc1cccc(Cl)c1)C(=O)CN(c1cccc(OC)c1)S(C)(=O)=O. The van der Waals surface area contributed by atoms with Gasteiger partial charge in [-0.25, -0.2) is 8.42 Å². The Morgan fingerprint density at radius 3 is 2.38 bits per heavy atom. The lowest BCUT2D eigenvalue weighted by atomic mass is 10.1. The van der Waals surface area contributed by atoms with Crippen molar-refractivity contribution in [3.8, 4) is 5.75 Å². The molecule has 0 spiro atoms. The van der Waals surface area contributed by atoms with Crippen molar-refractivity contribution in [2.75, 3.05) is 24.2 Å². The van der Waals surface area contributed by atoms with Crippen LogP contribution in [0.3, 0.4) is 0 Å². The number of nitrogens with zero attached hydrogens (tertiary/aromatic N) is 2. The summed E-state index contributed by atoms with van der Waals surface area (Å²) in [6.07, 6.45) is 1.76. The van der Waals surface area contributed by atoms with E-state index in [0.29, 0.717) is 10.8 Å². The van der Waals surface area contributed by atoms with Gasteiger partial charge in [0.25, 0.3) is 0 Å². The number of hydrogen-bond donors (Lipinski definition) is 1. The van der Waals surface area contributed by atoms with Crippen LogP contribution in [0.1, 0.15) is 32.8 Å². The molecule has 0 radical (unpaired) electrons. The number of sulfonamides is 1. The summed E-state index contributed by atoms with van der Waals surface area (Å²) in [7, 11) is -2.34. The van der Waals surface area contributed by atoms with E-state index >= 15 is 0 Å². The Morgan fingerprint density at radius 2 is 1.79 bits per heavy atom. The third-order valence-corrected chi connectivity index (χ3v) is 6.81. The van der Waals surface area contributed by atoms with Crippen LogP contribution in [0.2, 0.25) is 5.02 Å². The summed E-state index contributed by atoms with van der Waals surface area (Å²) in [6, 6.07) is 12.5. The fraction of sp³-hybridized carbons (Fsp3) is 0.417. The van der Waals surface area contributed by atoms with Crippen LogP contribution in [0.4, 0.5) is 5.69 Å². The Bertz CT molecular complexity index is 1110. The number of hydrogen-bond acceptors (Lipinski definition) is 5. The van der Waals surface area contributed by atoms with Gasteiger partial charge in [-0.05, 0) is 50.1 Å². The number of anilines is 1. The standard InChI is InChI=1S/C24H32ClN3O5S/c1-6-17(2)26-24(30)18(3)27(15-19-9-7-10-20(25)13-19)23(29)16-28(34(5,31)32)21-11-8-12-22(14-21)33-4/h7-14,17-18H,6,15-16H2,1-5H3,(H,26,30)/t17-,18+/m1/s1. The molecule has 0 fully saturated rings. The molecule has 2 amide bonds. The van der Waals surface area contributed by atoms with E-state index in [0.717, 1.165) is 22.5 Å². The smallest absolute Gasteiger partial charge is 0.244 e. The average Bonchev–Trinajstić information content (AvgIpc) is 2.79. The number of nitrogens with one attached hydrogen (secondary N) is 1. The molecule has 0 aromatic heterocycles. The van der Waals surface area contributed by atoms with Crippen molar-refractivity contribution in [1.29, 1.82) is 0 Å². The van der Waals surface area contributed by atoms with Gasteiger partial charge in [0.15, 0.2) is 0 Å². The highest BCUT2D eigenvalue weighted by Gasteiger charge is 2.30. The van der Waals surface area contributed by atoms with Crippen LogP contribution < -0.4 is 14.4 Å². The number of ether oxygens (including phenoxy) is 1. The molecule has 34 heavy (non-hydrogen) atoms. The van der Waals surface area contributed by atoms with E-state index in [-0.39, 0.29) is 24.2 Å². The summed E-state index contributed by atoms with van der Waals surface area (Å²) in [5.41, 5.74) is 1.01. The van der Waals surface area contributed by atoms with E-state index in [1.165, 1.54) is 18.1 Å². The highest BCUT2D eigenvalue weighted by molar-refractivity contribution is 7.92. The Labute approximate surface area is 206 Å². The molecule has 0 saturated carbocycles. The van der Waals surface area contributed by atoms with Gasteiger partial charge in [0, 0.05) is 23.7 Å². The Hall–Kier alpha value is -2.78. The largest absolute Gasteiger partial charge is 0.497 e. The molecule has 0 saturated heterocycles. The molecule has 2 aromatic rings. The van der Waals surface area contributed by atoms with E-state index in [1.807, 2.05) is 13.8 Å². The highest BCUT2D eigenvalue weighted by Crippen LogP contribution is 2.24. The molecular formula is C24H32ClN3O5S. The maximum Gasteiger partial charge on any atom is 0.244 e. The summed E-state index contributed by atoms with van der Waals surface area (Å²) in [5, 5.41) is 3.38. The van der Waals surface area contributed by atoms with Gasteiger partial charge in [-0.15, -0.1) is 0 Å². The van der Waals surface area contributed by atoms with Crippen LogP contribution in [0, 0.1) is 0 Å².